The van der Waals surface area contributed by atoms with Crippen LogP contribution in [0.15, 0.2) is 60.7 Å². The average molecular weight is 319 g/mol. The van der Waals surface area contributed by atoms with Crippen molar-refractivity contribution < 1.29 is 33.9 Å². The van der Waals surface area contributed by atoms with Gasteiger partial charge in [0.1, 0.15) is 0 Å². The third kappa shape index (κ3) is 8.33. The minimum Gasteiger partial charge on any atom is -1.00 e. The van der Waals surface area contributed by atoms with Crippen molar-refractivity contribution in [2.24, 2.45) is 0 Å². The summed E-state index contributed by atoms with van der Waals surface area (Å²) in [5, 5.41) is 1.65. The summed E-state index contributed by atoms with van der Waals surface area (Å²) in [6, 6.07) is 18.5. The van der Waals surface area contributed by atoms with Crippen LogP contribution in [0.2, 0.25) is 0 Å². The highest BCUT2D eigenvalue weighted by atomic mass is 35.5. The minimum absolute atomic E-state index is 0. The second kappa shape index (κ2) is 12.7. The molecule has 0 atom stereocenters. The van der Waals surface area contributed by atoms with Gasteiger partial charge >= 0.3 is 0 Å². The molecule has 0 aromatic heterocycles. The van der Waals surface area contributed by atoms with Crippen LogP contribution >= 0.6 is 16.9 Å². The fraction of sp³-hybridized carbons (Fsp3) is 0. The lowest BCUT2D eigenvalue weighted by atomic mass is 10.4. The first-order valence-electron chi connectivity index (χ1n) is 4.63. The van der Waals surface area contributed by atoms with Crippen molar-refractivity contribution in [2.75, 3.05) is 0 Å². The lowest BCUT2D eigenvalue weighted by Crippen LogP contribution is -3.00. The first-order valence-corrected chi connectivity index (χ1v) is 6.26. The topological polar surface area (TPSA) is 34.1 Å². The summed E-state index contributed by atoms with van der Waals surface area (Å²) < 4.78 is 20.2. The van der Waals surface area contributed by atoms with Crippen LogP contribution in [0.25, 0.3) is 0 Å². The van der Waals surface area contributed by atoms with E-state index in [9.17, 15) is 9.13 Å². The maximum Gasteiger partial charge on any atom is 0.192 e. The molecule has 6 heteroatoms. The largest absolute Gasteiger partial charge is 1.00 e. The van der Waals surface area contributed by atoms with Gasteiger partial charge in [0.05, 0.1) is 0 Å². The van der Waals surface area contributed by atoms with Crippen molar-refractivity contribution >= 4 is 27.5 Å². The Bertz CT molecular complexity index is 395. The van der Waals surface area contributed by atoms with E-state index < -0.39 is 0 Å². The van der Waals surface area contributed by atoms with Crippen LogP contribution in [0.1, 0.15) is 0 Å². The van der Waals surface area contributed by atoms with Crippen molar-refractivity contribution in [3.63, 3.8) is 0 Å². The summed E-state index contributed by atoms with van der Waals surface area (Å²) >= 11 is 0. The Balaban J connectivity index is 0. The van der Waals surface area contributed by atoms with Crippen LogP contribution in [-0.2, 0) is 9.13 Å². The van der Waals surface area contributed by atoms with E-state index in [2.05, 4.69) is 0 Å². The molecule has 0 heterocycles. The molecule has 0 spiro atoms. The first kappa shape index (κ1) is 19.6. The molecule has 0 aliphatic rings. The molecule has 0 amide bonds. The SMILES string of the molecule is O=Pc1ccccc1.O=Pc1ccccc1.[Cl-].[Cl-]. The molecule has 0 radical (unpaired) electrons. The lowest BCUT2D eigenvalue weighted by Gasteiger charge is -1.80. The van der Waals surface area contributed by atoms with Gasteiger partial charge in [0.25, 0.3) is 0 Å². The normalized spacial score (nSPS) is 8.44. The molecule has 0 aliphatic carbocycles. The van der Waals surface area contributed by atoms with Gasteiger partial charge in [-0.15, -0.1) is 0 Å². The lowest BCUT2D eigenvalue weighted by molar-refractivity contribution is -0.00100. The van der Waals surface area contributed by atoms with Gasteiger partial charge in [-0.2, -0.15) is 0 Å². The zero-order valence-corrected chi connectivity index (χ0v) is 12.5. The average Bonchev–Trinajstić information content (AvgIpc) is 2.41. The number of benzene rings is 2. The maximum absolute atomic E-state index is 10.1. The van der Waals surface area contributed by atoms with Gasteiger partial charge in [0.15, 0.2) is 16.9 Å². The second-order valence-electron chi connectivity index (χ2n) is 2.85. The first-order chi connectivity index (χ1) is 7.86. The van der Waals surface area contributed by atoms with E-state index in [1.54, 1.807) is 0 Å². The van der Waals surface area contributed by atoms with Crippen LogP contribution < -0.4 is 35.4 Å². The molecule has 96 valence electrons. The Morgan fingerprint density at radius 2 is 0.833 bits per heavy atom. The fourth-order valence-electron chi connectivity index (χ4n) is 0.978. The molecule has 0 unspecified atom stereocenters. The van der Waals surface area contributed by atoms with Gasteiger partial charge < -0.3 is 24.8 Å². The fourth-order valence-corrected chi connectivity index (χ4v) is 1.57. The number of halogens is 2. The molecule has 2 aromatic carbocycles. The standard InChI is InChI=1S/2C6H5OP.2ClH/c2*7-8-6-4-2-1-3-5-6;;/h2*1-5H;2*1H/p-2. The third-order valence-electron chi connectivity index (χ3n) is 1.72. The maximum atomic E-state index is 10.1. The molecule has 0 fully saturated rings. The highest BCUT2D eigenvalue weighted by molar-refractivity contribution is 7.34. The molecule has 0 aliphatic heterocycles. The summed E-state index contributed by atoms with van der Waals surface area (Å²) in [6.07, 6.45) is 0. The van der Waals surface area contributed by atoms with Gasteiger partial charge in [-0.3, -0.25) is 9.13 Å². The molecule has 0 N–H and O–H groups in total. The van der Waals surface area contributed by atoms with E-state index in [0.29, 0.717) is 0 Å². The van der Waals surface area contributed by atoms with Gasteiger partial charge in [-0.1, -0.05) is 36.4 Å². The summed E-state index contributed by atoms with van der Waals surface area (Å²) in [6.45, 7) is 0. The number of rotatable bonds is 2. The summed E-state index contributed by atoms with van der Waals surface area (Å²) in [7, 11) is 0.199. The van der Waals surface area contributed by atoms with E-state index in [1.807, 2.05) is 60.7 Å². The Hall–Kier alpha value is -0.780. The Morgan fingerprint density at radius 1 is 0.556 bits per heavy atom. The number of hydrogen-bond donors (Lipinski definition) is 0. The molecule has 0 bridgehead atoms. The van der Waals surface area contributed by atoms with Crippen molar-refractivity contribution in [3.05, 3.63) is 60.7 Å². The molecule has 2 rings (SSSR count). The van der Waals surface area contributed by atoms with Crippen molar-refractivity contribution in [3.8, 4) is 0 Å². The van der Waals surface area contributed by atoms with Crippen LogP contribution in [0.3, 0.4) is 0 Å². The van der Waals surface area contributed by atoms with Crippen molar-refractivity contribution in [1.29, 1.82) is 0 Å². The Labute approximate surface area is 122 Å². The third-order valence-corrected chi connectivity index (χ3v) is 2.74. The molecule has 0 saturated heterocycles. The van der Waals surface area contributed by atoms with Crippen LogP contribution in [0.4, 0.5) is 0 Å². The molecular weight excluding hydrogens is 309 g/mol. The van der Waals surface area contributed by atoms with E-state index in [4.69, 9.17) is 0 Å². The predicted octanol–water partition coefficient (Wildman–Crippen LogP) is -2.78. The van der Waals surface area contributed by atoms with Gasteiger partial charge in [-0.25, -0.2) is 0 Å². The molecule has 2 nitrogen and oxygen atoms in total. The van der Waals surface area contributed by atoms with Crippen LogP contribution in [-0.4, -0.2) is 0 Å². The van der Waals surface area contributed by atoms with E-state index in [-0.39, 0.29) is 41.7 Å². The second-order valence-corrected chi connectivity index (χ2v) is 4.25. The zero-order chi connectivity index (χ0) is 11.6. The smallest absolute Gasteiger partial charge is 0.192 e. The minimum atomic E-state index is 0. The van der Waals surface area contributed by atoms with Crippen LogP contribution in [0.5, 0.6) is 0 Å². The summed E-state index contributed by atoms with van der Waals surface area (Å²) in [4.78, 5) is 0. The molecule has 2 aromatic rings. The summed E-state index contributed by atoms with van der Waals surface area (Å²) in [5.41, 5.74) is 0. The zero-order valence-electron chi connectivity index (χ0n) is 9.24. The predicted molar refractivity (Wildman–Crippen MR) is 67.4 cm³/mol. The molecule has 18 heavy (non-hydrogen) atoms. The van der Waals surface area contributed by atoms with E-state index in [0.717, 1.165) is 10.6 Å². The van der Waals surface area contributed by atoms with Gasteiger partial charge in [0.2, 0.25) is 0 Å². The molecule has 0 saturated carbocycles. The van der Waals surface area contributed by atoms with Crippen molar-refractivity contribution in [2.45, 2.75) is 0 Å². The van der Waals surface area contributed by atoms with Crippen LogP contribution in [0, 0.1) is 0 Å². The highest BCUT2D eigenvalue weighted by Gasteiger charge is 1.82. The quantitative estimate of drug-likeness (QED) is 0.561. The number of hydrogen-bond acceptors (Lipinski definition) is 2. The highest BCUT2D eigenvalue weighted by Crippen LogP contribution is 1.93. The van der Waals surface area contributed by atoms with E-state index >= 15 is 0 Å². The van der Waals surface area contributed by atoms with Gasteiger partial charge in [-0.05, 0) is 24.3 Å². The Kier molecular flexibility index (Phi) is 13.8. The van der Waals surface area contributed by atoms with E-state index in [1.165, 1.54) is 0 Å². The van der Waals surface area contributed by atoms with Gasteiger partial charge in [0, 0.05) is 10.6 Å². The monoisotopic (exact) mass is 318 g/mol. The van der Waals surface area contributed by atoms with Crippen molar-refractivity contribution in [1.82, 2.24) is 0 Å². The Morgan fingerprint density at radius 3 is 1.00 bits per heavy atom. The molecular formula is C12H10Cl2O2P2-2. The summed E-state index contributed by atoms with van der Waals surface area (Å²) in [5.74, 6) is 0.